The van der Waals surface area contributed by atoms with Crippen molar-refractivity contribution in [3.05, 3.63) is 22.1 Å². The van der Waals surface area contributed by atoms with Crippen LogP contribution in [-0.2, 0) is 0 Å². The molecule has 0 amide bonds. The molecule has 1 N–H and O–H groups in total. The second-order valence-electron chi connectivity index (χ2n) is 3.38. The van der Waals surface area contributed by atoms with Crippen LogP contribution in [0.1, 0.15) is 12.6 Å². The SMILES string of the molecule is CCNc1nc(C)c([N+](=O)[O-])c(Sc2ncns2)n1. The Labute approximate surface area is 117 Å². The molecular weight excluding hydrogens is 288 g/mol. The summed E-state index contributed by atoms with van der Waals surface area (Å²) >= 11 is 2.28. The van der Waals surface area contributed by atoms with Gasteiger partial charge in [0.25, 0.3) is 0 Å². The Morgan fingerprint density at radius 1 is 1.53 bits per heavy atom. The number of hydrogen-bond donors (Lipinski definition) is 1. The number of nitro groups is 1. The molecule has 0 bridgehead atoms. The van der Waals surface area contributed by atoms with E-state index in [-0.39, 0.29) is 10.7 Å². The predicted molar refractivity (Wildman–Crippen MR) is 71.6 cm³/mol. The van der Waals surface area contributed by atoms with Crippen LogP contribution in [0.25, 0.3) is 0 Å². The van der Waals surface area contributed by atoms with Gasteiger partial charge >= 0.3 is 5.69 Å². The summed E-state index contributed by atoms with van der Waals surface area (Å²) in [4.78, 5) is 22.8. The highest BCUT2D eigenvalue weighted by atomic mass is 32.2. The van der Waals surface area contributed by atoms with Gasteiger partial charge in [0.05, 0.1) is 4.92 Å². The zero-order valence-corrected chi connectivity index (χ0v) is 11.8. The minimum Gasteiger partial charge on any atom is -0.354 e. The van der Waals surface area contributed by atoms with Crippen molar-refractivity contribution < 1.29 is 4.92 Å². The summed E-state index contributed by atoms with van der Waals surface area (Å²) in [5, 5.41) is 14.3. The molecule has 0 saturated heterocycles. The third-order valence-electron chi connectivity index (χ3n) is 2.07. The van der Waals surface area contributed by atoms with E-state index >= 15 is 0 Å². The number of nitrogens with one attached hydrogen (secondary N) is 1. The molecule has 0 spiro atoms. The van der Waals surface area contributed by atoms with Crippen molar-refractivity contribution in [2.24, 2.45) is 0 Å². The Kier molecular flexibility index (Phi) is 4.22. The first-order valence-electron chi connectivity index (χ1n) is 5.33. The fourth-order valence-corrected chi connectivity index (χ4v) is 2.86. The van der Waals surface area contributed by atoms with Gasteiger partial charge in [0.1, 0.15) is 12.0 Å². The van der Waals surface area contributed by atoms with E-state index in [2.05, 4.69) is 24.6 Å². The molecule has 2 aromatic heterocycles. The molecule has 2 aromatic rings. The molecule has 0 unspecified atom stereocenters. The summed E-state index contributed by atoms with van der Waals surface area (Å²) in [5.41, 5.74) is 0.227. The van der Waals surface area contributed by atoms with Gasteiger partial charge in [0, 0.05) is 6.54 Å². The number of hydrogen-bond acceptors (Lipinski definition) is 9. The van der Waals surface area contributed by atoms with Gasteiger partial charge in [0.2, 0.25) is 5.95 Å². The molecule has 10 heteroatoms. The highest BCUT2D eigenvalue weighted by Crippen LogP contribution is 2.35. The van der Waals surface area contributed by atoms with E-state index in [1.54, 1.807) is 6.92 Å². The average Bonchev–Trinajstić information content (AvgIpc) is 2.81. The molecule has 19 heavy (non-hydrogen) atoms. The molecule has 0 aliphatic rings. The summed E-state index contributed by atoms with van der Waals surface area (Å²) in [7, 11) is 0. The first kappa shape index (κ1) is 13.6. The van der Waals surface area contributed by atoms with Gasteiger partial charge in [-0.15, -0.1) is 0 Å². The van der Waals surface area contributed by atoms with Gasteiger partial charge in [-0.1, -0.05) is 0 Å². The van der Waals surface area contributed by atoms with Gasteiger partial charge < -0.3 is 5.32 Å². The normalized spacial score (nSPS) is 10.4. The number of nitrogens with zero attached hydrogens (tertiary/aromatic N) is 5. The minimum absolute atomic E-state index is 0.0955. The monoisotopic (exact) mass is 298 g/mol. The fraction of sp³-hybridized carbons (Fsp3) is 0.333. The first-order chi connectivity index (χ1) is 9.11. The summed E-state index contributed by atoms with van der Waals surface area (Å²) in [5.74, 6) is 0.373. The van der Waals surface area contributed by atoms with Gasteiger partial charge in [-0.3, -0.25) is 10.1 Å². The summed E-state index contributed by atoms with van der Waals surface area (Å²) in [6.45, 7) is 4.13. The topological polar surface area (TPSA) is 107 Å². The van der Waals surface area contributed by atoms with E-state index in [1.165, 1.54) is 6.33 Å². The molecule has 100 valence electrons. The van der Waals surface area contributed by atoms with Crippen LogP contribution in [0.4, 0.5) is 11.6 Å². The van der Waals surface area contributed by atoms with Crippen molar-refractivity contribution in [3.8, 4) is 0 Å². The second-order valence-corrected chi connectivity index (χ2v) is 5.40. The van der Waals surface area contributed by atoms with Crippen molar-refractivity contribution in [1.29, 1.82) is 0 Å². The maximum atomic E-state index is 11.1. The predicted octanol–water partition coefficient (Wildman–Crippen LogP) is 2.13. The number of aryl methyl sites for hydroxylation is 1. The maximum Gasteiger partial charge on any atom is 0.322 e. The molecule has 2 heterocycles. The van der Waals surface area contributed by atoms with Crippen LogP contribution in [0, 0.1) is 17.0 Å². The van der Waals surface area contributed by atoms with E-state index in [1.807, 2.05) is 6.92 Å². The molecule has 2 rings (SSSR count). The van der Waals surface area contributed by atoms with Gasteiger partial charge in [-0.05, 0) is 37.1 Å². The number of anilines is 1. The van der Waals surface area contributed by atoms with E-state index in [9.17, 15) is 10.1 Å². The molecule has 0 aromatic carbocycles. The van der Waals surface area contributed by atoms with Crippen molar-refractivity contribution in [3.63, 3.8) is 0 Å². The second kappa shape index (κ2) is 5.89. The first-order valence-corrected chi connectivity index (χ1v) is 6.92. The van der Waals surface area contributed by atoms with Crippen LogP contribution < -0.4 is 5.32 Å². The van der Waals surface area contributed by atoms with E-state index in [0.29, 0.717) is 22.5 Å². The minimum atomic E-state index is -0.478. The van der Waals surface area contributed by atoms with Crippen LogP contribution in [0.3, 0.4) is 0 Å². The molecule has 0 saturated carbocycles. The summed E-state index contributed by atoms with van der Waals surface area (Å²) in [6, 6.07) is 0. The fourth-order valence-electron chi connectivity index (χ4n) is 1.35. The van der Waals surface area contributed by atoms with Gasteiger partial charge in [0.15, 0.2) is 9.37 Å². The lowest BCUT2D eigenvalue weighted by molar-refractivity contribution is -0.389. The number of rotatable bonds is 5. The number of aromatic nitrogens is 4. The molecule has 8 nitrogen and oxygen atoms in total. The molecular formula is C9H10N6O2S2. The van der Waals surface area contributed by atoms with Crippen LogP contribution in [0.2, 0.25) is 0 Å². The Hall–Kier alpha value is -1.81. The van der Waals surface area contributed by atoms with Crippen molar-refractivity contribution >= 4 is 34.9 Å². The van der Waals surface area contributed by atoms with E-state index in [4.69, 9.17) is 0 Å². The highest BCUT2D eigenvalue weighted by molar-refractivity contribution is 8.01. The van der Waals surface area contributed by atoms with Crippen LogP contribution >= 0.6 is 23.3 Å². The Morgan fingerprint density at radius 3 is 2.89 bits per heavy atom. The van der Waals surface area contributed by atoms with Crippen molar-refractivity contribution in [1.82, 2.24) is 19.3 Å². The summed E-state index contributed by atoms with van der Waals surface area (Å²) < 4.78 is 4.46. The lowest BCUT2D eigenvalue weighted by Gasteiger charge is -2.06. The Bertz CT molecular complexity index is 589. The highest BCUT2D eigenvalue weighted by Gasteiger charge is 2.23. The largest absolute Gasteiger partial charge is 0.354 e. The molecule has 0 aliphatic heterocycles. The van der Waals surface area contributed by atoms with Gasteiger partial charge in [-0.25, -0.2) is 9.97 Å². The smallest absolute Gasteiger partial charge is 0.322 e. The third kappa shape index (κ3) is 3.15. The van der Waals surface area contributed by atoms with Crippen molar-refractivity contribution in [2.75, 3.05) is 11.9 Å². The van der Waals surface area contributed by atoms with Crippen molar-refractivity contribution in [2.45, 2.75) is 23.2 Å². The molecule has 0 atom stereocenters. The molecule has 0 aliphatic carbocycles. The average molecular weight is 298 g/mol. The standard InChI is InChI=1S/C9H10N6O2S2/c1-3-10-8-13-5(2)6(15(16)17)7(14-8)18-9-11-4-12-19-9/h4H,3H2,1-2H3,(H,10,13,14). The lowest BCUT2D eigenvalue weighted by atomic mass is 10.4. The third-order valence-corrected chi connectivity index (χ3v) is 3.76. The Balaban J connectivity index is 2.44. The quantitative estimate of drug-likeness (QED) is 0.508. The molecule has 0 radical (unpaired) electrons. The van der Waals surface area contributed by atoms with Crippen LogP contribution in [-0.4, -0.2) is 30.8 Å². The maximum absolute atomic E-state index is 11.1. The zero-order chi connectivity index (χ0) is 13.8. The van der Waals surface area contributed by atoms with Crippen LogP contribution in [0.5, 0.6) is 0 Å². The summed E-state index contributed by atoms with van der Waals surface area (Å²) in [6.07, 6.45) is 1.40. The van der Waals surface area contributed by atoms with Crippen LogP contribution in [0.15, 0.2) is 15.7 Å². The van der Waals surface area contributed by atoms with E-state index in [0.717, 1.165) is 23.3 Å². The van der Waals surface area contributed by atoms with Gasteiger partial charge in [-0.2, -0.15) is 9.36 Å². The zero-order valence-electron chi connectivity index (χ0n) is 10.2. The molecule has 0 fully saturated rings. The lowest BCUT2D eigenvalue weighted by Crippen LogP contribution is -2.07. The Morgan fingerprint density at radius 2 is 2.32 bits per heavy atom. The van der Waals surface area contributed by atoms with E-state index < -0.39 is 4.92 Å².